The fourth-order valence-corrected chi connectivity index (χ4v) is 2.12. The number of ether oxygens (including phenoxy) is 1. The molecule has 0 aliphatic carbocycles. The Balaban J connectivity index is 1.98. The highest BCUT2D eigenvalue weighted by atomic mass is 16.5. The molecule has 1 aromatic heterocycles. The summed E-state index contributed by atoms with van der Waals surface area (Å²) >= 11 is 0. The smallest absolute Gasteiger partial charge is 0.323 e. The SMILES string of the molecule is COC(=O)[C@@H](N)Cc1cn(C(=O)[C@H]2CCCN2)cn1. The Morgan fingerprint density at radius 2 is 2.47 bits per heavy atom. The van der Waals surface area contributed by atoms with E-state index in [1.54, 1.807) is 6.20 Å². The highest BCUT2D eigenvalue weighted by Gasteiger charge is 2.24. The molecule has 0 radical (unpaired) electrons. The van der Waals surface area contributed by atoms with Crippen LogP contribution in [0.4, 0.5) is 0 Å². The largest absolute Gasteiger partial charge is 0.468 e. The van der Waals surface area contributed by atoms with Crippen molar-refractivity contribution in [2.45, 2.75) is 31.3 Å². The molecular formula is C12H18N4O3. The van der Waals surface area contributed by atoms with Crippen LogP contribution in [0.5, 0.6) is 0 Å². The number of rotatable bonds is 4. The first-order valence-electron chi connectivity index (χ1n) is 6.25. The Bertz CT molecular complexity index is 465. The van der Waals surface area contributed by atoms with Crippen LogP contribution in [0.3, 0.4) is 0 Å². The summed E-state index contributed by atoms with van der Waals surface area (Å²) < 4.78 is 5.99. The van der Waals surface area contributed by atoms with Crippen molar-refractivity contribution in [3.63, 3.8) is 0 Å². The van der Waals surface area contributed by atoms with Gasteiger partial charge in [-0.1, -0.05) is 0 Å². The van der Waals surface area contributed by atoms with Crippen molar-refractivity contribution in [2.24, 2.45) is 5.73 Å². The van der Waals surface area contributed by atoms with Crippen molar-refractivity contribution in [3.05, 3.63) is 18.2 Å². The molecule has 7 nitrogen and oxygen atoms in total. The van der Waals surface area contributed by atoms with Crippen LogP contribution in [0.25, 0.3) is 0 Å². The van der Waals surface area contributed by atoms with Gasteiger partial charge in [-0.2, -0.15) is 0 Å². The van der Waals surface area contributed by atoms with Crippen LogP contribution in [0, 0.1) is 0 Å². The molecule has 0 aromatic carbocycles. The minimum absolute atomic E-state index is 0.0251. The second-order valence-corrected chi connectivity index (χ2v) is 4.59. The monoisotopic (exact) mass is 266 g/mol. The Labute approximate surface area is 111 Å². The number of imidazole rings is 1. The van der Waals surface area contributed by atoms with Crippen LogP contribution in [0.15, 0.2) is 12.5 Å². The van der Waals surface area contributed by atoms with Gasteiger partial charge in [-0.25, -0.2) is 4.98 Å². The lowest BCUT2D eigenvalue weighted by molar-refractivity contribution is -0.142. The Morgan fingerprint density at radius 3 is 3.11 bits per heavy atom. The summed E-state index contributed by atoms with van der Waals surface area (Å²) in [6.07, 6.45) is 5.18. The molecule has 1 aliphatic heterocycles. The molecule has 0 amide bonds. The van der Waals surface area contributed by atoms with Gasteiger partial charge in [-0.05, 0) is 19.4 Å². The van der Waals surface area contributed by atoms with Crippen LogP contribution in [-0.2, 0) is 16.0 Å². The lowest BCUT2D eigenvalue weighted by Crippen LogP contribution is -2.34. The van der Waals surface area contributed by atoms with Gasteiger partial charge in [0, 0.05) is 12.6 Å². The highest BCUT2D eigenvalue weighted by Crippen LogP contribution is 2.09. The van der Waals surface area contributed by atoms with E-state index in [2.05, 4.69) is 15.0 Å². The minimum atomic E-state index is -0.756. The lowest BCUT2D eigenvalue weighted by atomic mass is 10.2. The first-order valence-corrected chi connectivity index (χ1v) is 6.25. The van der Waals surface area contributed by atoms with E-state index < -0.39 is 12.0 Å². The number of hydrogen-bond acceptors (Lipinski definition) is 6. The van der Waals surface area contributed by atoms with Gasteiger partial charge in [0.2, 0.25) is 5.91 Å². The third kappa shape index (κ3) is 3.18. The van der Waals surface area contributed by atoms with E-state index in [-0.39, 0.29) is 18.4 Å². The molecule has 19 heavy (non-hydrogen) atoms. The van der Waals surface area contributed by atoms with E-state index in [1.165, 1.54) is 18.0 Å². The van der Waals surface area contributed by atoms with Gasteiger partial charge in [-0.3, -0.25) is 14.2 Å². The Kier molecular flexibility index (Phi) is 4.28. The summed E-state index contributed by atoms with van der Waals surface area (Å²) in [4.78, 5) is 27.4. The average Bonchev–Trinajstić information content (AvgIpc) is 3.07. The fourth-order valence-electron chi connectivity index (χ4n) is 2.12. The second-order valence-electron chi connectivity index (χ2n) is 4.59. The van der Waals surface area contributed by atoms with Crippen molar-refractivity contribution in [2.75, 3.05) is 13.7 Å². The number of nitrogens with two attached hydrogens (primary N) is 1. The topological polar surface area (TPSA) is 99.2 Å². The van der Waals surface area contributed by atoms with Crippen molar-refractivity contribution in [1.82, 2.24) is 14.9 Å². The van der Waals surface area contributed by atoms with Gasteiger partial charge < -0.3 is 15.8 Å². The summed E-state index contributed by atoms with van der Waals surface area (Å²) in [6.45, 7) is 0.866. The van der Waals surface area contributed by atoms with E-state index in [4.69, 9.17) is 5.73 Å². The lowest BCUT2D eigenvalue weighted by Gasteiger charge is -2.08. The molecule has 2 rings (SSSR count). The van der Waals surface area contributed by atoms with E-state index in [0.29, 0.717) is 5.69 Å². The van der Waals surface area contributed by atoms with Crippen LogP contribution in [0.2, 0.25) is 0 Å². The van der Waals surface area contributed by atoms with E-state index in [1.807, 2.05) is 0 Å². The summed E-state index contributed by atoms with van der Waals surface area (Å²) in [6, 6.07) is -0.899. The van der Waals surface area contributed by atoms with Crippen molar-refractivity contribution in [1.29, 1.82) is 0 Å². The molecule has 3 N–H and O–H groups in total. The quantitative estimate of drug-likeness (QED) is 0.700. The van der Waals surface area contributed by atoms with Gasteiger partial charge in [0.25, 0.3) is 0 Å². The Morgan fingerprint density at radius 1 is 1.68 bits per heavy atom. The van der Waals surface area contributed by atoms with Gasteiger partial charge in [0.1, 0.15) is 12.4 Å². The summed E-state index contributed by atoms with van der Waals surface area (Å²) in [5.74, 6) is -0.513. The number of esters is 1. The van der Waals surface area contributed by atoms with Crippen molar-refractivity contribution >= 4 is 11.9 Å². The molecular weight excluding hydrogens is 248 g/mol. The highest BCUT2D eigenvalue weighted by molar-refractivity contribution is 5.84. The van der Waals surface area contributed by atoms with E-state index in [9.17, 15) is 9.59 Å². The van der Waals surface area contributed by atoms with Crippen LogP contribution < -0.4 is 11.1 Å². The maximum atomic E-state index is 12.1. The molecule has 0 bridgehead atoms. The summed E-state index contributed by atoms with van der Waals surface area (Å²) in [5.41, 5.74) is 6.25. The molecule has 1 saturated heterocycles. The third-order valence-corrected chi connectivity index (χ3v) is 3.18. The molecule has 0 unspecified atom stereocenters. The van der Waals surface area contributed by atoms with Gasteiger partial charge in [0.05, 0.1) is 18.8 Å². The predicted octanol–water partition coefficient (Wildman–Crippen LogP) is -0.682. The Hall–Kier alpha value is -1.73. The normalized spacial score (nSPS) is 20.2. The summed E-state index contributed by atoms with van der Waals surface area (Å²) in [5, 5.41) is 3.14. The maximum Gasteiger partial charge on any atom is 0.323 e. The second kappa shape index (κ2) is 5.94. The molecule has 1 aromatic rings. The van der Waals surface area contributed by atoms with Gasteiger partial charge >= 0.3 is 5.97 Å². The number of nitrogens with zero attached hydrogens (tertiary/aromatic N) is 2. The number of methoxy groups -OCH3 is 1. The zero-order valence-corrected chi connectivity index (χ0v) is 10.8. The van der Waals surface area contributed by atoms with Crippen molar-refractivity contribution < 1.29 is 14.3 Å². The minimum Gasteiger partial charge on any atom is -0.468 e. The molecule has 0 saturated carbocycles. The fraction of sp³-hybridized carbons (Fsp3) is 0.583. The molecule has 2 atom stereocenters. The maximum absolute atomic E-state index is 12.1. The average molecular weight is 266 g/mol. The molecule has 0 spiro atoms. The van der Waals surface area contributed by atoms with Crippen LogP contribution in [-0.4, -0.2) is 47.2 Å². The number of nitrogens with one attached hydrogen (secondary N) is 1. The molecule has 1 fully saturated rings. The molecule has 104 valence electrons. The van der Waals surface area contributed by atoms with Crippen molar-refractivity contribution in [3.8, 4) is 0 Å². The third-order valence-electron chi connectivity index (χ3n) is 3.18. The van der Waals surface area contributed by atoms with Gasteiger partial charge in [-0.15, -0.1) is 0 Å². The number of carbonyl (C=O) groups excluding carboxylic acids is 2. The standard InChI is InChI=1S/C12H18N4O3/c1-19-12(18)9(13)5-8-6-16(7-15-8)11(17)10-3-2-4-14-10/h6-7,9-10,14H,2-5,13H2,1H3/t9-,10+/m0/s1. The zero-order chi connectivity index (χ0) is 13.8. The van der Waals surface area contributed by atoms with Gasteiger partial charge in [0.15, 0.2) is 0 Å². The van der Waals surface area contributed by atoms with E-state index in [0.717, 1.165) is 19.4 Å². The molecule has 7 heteroatoms. The van der Waals surface area contributed by atoms with Crippen LogP contribution in [0.1, 0.15) is 23.3 Å². The number of aromatic nitrogens is 2. The van der Waals surface area contributed by atoms with E-state index >= 15 is 0 Å². The number of carbonyl (C=O) groups is 2. The molecule has 1 aliphatic rings. The first kappa shape index (κ1) is 13.7. The first-order chi connectivity index (χ1) is 9.11. The summed E-state index contributed by atoms with van der Waals surface area (Å²) in [7, 11) is 1.29. The molecule has 2 heterocycles. The predicted molar refractivity (Wildman–Crippen MR) is 67.6 cm³/mol. The number of hydrogen-bond donors (Lipinski definition) is 2. The zero-order valence-electron chi connectivity index (χ0n) is 10.8. The van der Waals surface area contributed by atoms with Crippen LogP contribution >= 0.6 is 0 Å².